The molecule has 10 heteroatoms. The van der Waals surface area contributed by atoms with Gasteiger partial charge in [-0.3, -0.25) is 4.98 Å². The van der Waals surface area contributed by atoms with Crippen molar-refractivity contribution in [1.29, 1.82) is 0 Å². The lowest BCUT2D eigenvalue weighted by Crippen LogP contribution is -2.44. The number of nitrogens with zero attached hydrogens (tertiary/aromatic N) is 5. The molecular formula is C15H26Cl3N7. The van der Waals surface area contributed by atoms with E-state index < -0.39 is 0 Å². The Balaban J connectivity index is 0.00000192. The van der Waals surface area contributed by atoms with E-state index in [1.54, 1.807) is 0 Å². The van der Waals surface area contributed by atoms with Gasteiger partial charge < -0.3 is 15.5 Å². The number of hydrogen-bond acceptors (Lipinski definition) is 6. The minimum absolute atomic E-state index is 0. The number of anilines is 2. The molecule has 2 aromatic rings. The van der Waals surface area contributed by atoms with Crippen molar-refractivity contribution in [2.24, 2.45) is 0 Å². The maximum Gasteiger partial charge on any atom is 0.246 e. The first-order valence-corrected chi connectivity index (χ1v) is 7.75. The zero-order chi connectivity index (χ0) is 15.4. The van der Waals surface area contributed by atoms with Crippen LogP contribution in [0.3, 0.4) is 0 Å². The van der Waals surface area contributed by atoms with Gasteiger partial charge in [0.15, 0.2) is 0 Å². The van der Waals surface area contributed by atoms with Crippen molar-refractivity contribution in [3.63, 3.8) is 0 Å². The Morgan fingerprint density at radius 2 is 1.96 bits per heavy atom. The van der Waals surface area contributed by atoms with Crippen molar-refractivity contribution in [3.8, 4) is 0 Å². The van der Waals surface area contributed by atoms with Crippen molar-refractivity contribution in [3.05, 3.63) is 30.1 Å². The second kappa shape index (κ2) is 11.4. The van der Waals surface area contributed by atoms with Crippen molar-refractivity contribution in [2.45, 2.75) is 25.3 Å². The summed E-state index contributed by atoms with van der Waals surface area (Å²) in [5.41, 5.74) is 6.74. The highest BCUT2D eigenvalue weighted by Gasteiger charge is 2.24. The van der Waals surface area contributed by atoms with E-state index in [0.717, 1.165) is 44.6 Å². The Bertz CT molecular complexity index is 588. The SMILES string of the molecule is CN(CCc1ccccn1)C1CCN(c2n[nH]c(N)n2)CC1.Cl.Cl.Cl. The highest BCUT2D eigenvalue weighted by atomic mass is 35.5. The molecule has 0 radical (unpaired) electrons. The summed E-state index contributed by atoms with van der Waals surface area (Å²) in [6.07, 6.45) is 5.09. The Labute approximate surface area is 167 Å². The number of rotatable bonds is 5. The Hall–Kier alpha value is -1.28. The largest absolute Gasteiger partial charge is 0.368 e. The number of likely N-dealkylation sites (N-methyl/N-ethyl adjacent to an activating group) is 1. The maximum absolute atomic E-state index is 5.59. The van der Waals surface area contributed by atoms with E-state index in [2.05, 4.69) is 43.1 Å². The molecule has 142 valence electrons. The fourth-order valence-electron chi connectivity index (χ4n) is 2.93. The predicted molar refractivity (Wildman–Crippen MR) is 108 cm³/mol. The number of aromatic amines is 1. The molecule has 3 heterocycles. The van der Waals surface area contributed by atoms with Crippen molar-refractivity contribution in [1.82, 2.24) is 25.1 Å². The number of nitrogens with two attached hydrogens (primary N) is 1. The van der Waals surface area contributed by atoms with Gasteiger partial charge in [0.2, 0.25) is 11.9 Å². The lowest BCUT2D eigenvalue weighted by atomic mass is 10.0. The summed E-state index contributed by atoms with van der Waals surface area (Å²) in [4.78, 5) is 13.2. The van der Waals surface area contributed by atoms with E-state index in [-0.39, 0.29) is 37.2 Å². The molecule has 2 aromatic heterocycles. The maximum atomic E-state index is 5.59. The third kappa shape index (κ3) is 6.51. The van der Waals surface area contributed by atoms with E-state index >= 15 is 0 Å². The van der Waals surface area contributed by atoms with Crippen LogP contribution in [0.15, 0.2) is 24.4 Å². The van der Waals surface area contributed by atoms with Gasteiger partial charge in [-0.15, -0.1) is 42.3 Å². The first kappa shape index (κ1) is 23.7. The lowest BCUT2D eigenvalue weighted by molar-refractivity contribution is 0.209. The number of piperidine rings is 1. The fraction of sp³-hybridized carbons (Fsp3) is 0.533. The molecule has 1 aliphatic heterocycles. The van der Waals surface area contributed by atoms with E-state index in [0.29, 0.717) is 17.9 Å². The van der Waals surface area contributed by atoms with Crippen LogP contribution in [0.25, 0.3) is 0 Å². The van der Waals surface area contributed by atoms with Gasteiger partial charge in [0.25, 0.3) is 0 Å². The molecular weight excluding hydrogens is 385 g/mol. The van der Waals surface area contributed by atoms with E-state index in [9.17, 15) is 0 Å². The van der Waals surface area contributed by atoms with Gasteiger partial charge in [0.05, 0.1) is 0 Å². The fourth-order valence-corrected chi connectivity index (χ4v) is 2.93. The molecule has 3 rings (SSSR count). The van der Waals surface area contributed by atoms with Crippen molar-refractivity contribution < 1.29 is 0 Å². The molecule has 0 aliphatic carbocycles. The van der Waals surface area contributed by atoms with Crippen LogP contribution < -0.4 is 10.6 Å². The summed E-state index contributed by atoms with van der Waals surface area (Å²) >= 11 is 0. The first-order valence-electron chi connectivity index (χ1n) is 7.75. The molecule has 0 bridgehead atoms. The topological polar surface area (TPSA) is 87.0 Å². The molecule has 3 N–H and O–H groups in total. The van der Waals surface area contributed by atoms with Crippen LogP contribution in [0.1, 0.15) is 18.5 Å². The van der Waals surface area contributed by atoms with Crippen LogP contribution in [-0.2, 0) is 6.42 Å². The molecule has 0 aromatic carbocycles. The van der Waals surface area contributed by atoms with Crippen molar-refractivity contribution in [2.75, 3.05) is 37.3 Å². The monoisotopic (exact) mass is 409 g/mol. The molecule has 0 unspecified atom stereocenters. The Kier molecular flexibility index (Phi) is 10.8. The summed E-state index contributed by atoms with van der Waals surface area (Å²) in [5.74, 6) is 1.09. The average molecular weight is 411 g/mol. The summed E-state index contributed by atoms with van der Waals surface area (Å²) in [5, 5.41) is 6.82. The van der Waals surface area contributed by atoms with Gasteiger partial charge in [-0.2, -0.15) is 4.98 Å². The van der Waals surface area contributed by atoms with Crippen LogP contribution in [0.2, 0.25) is 0 Å². The summed E-state index contributed by atoms with van der Waals surface area (Å²) in [7, 11) is 2.20. The average Bonchev–Trinajstić information content (AvgIpc) is 3.00. The smallest absolute Gasteiger partial charge is 0.246 e. The minimum Gasteiger partial charge on any atom is -0.368 e. The van der Waals surface area contributed by atoms with E-state index in [4.69, 9.17) is 5.73 Å². The molecule has 1 saturated heterocycles. The molecule has 7 nitrogen and oxygen atoms in total. The van der Waals surface area contributed by atoms with Crippen LogP contribution in [0, 0.1) is 0 Å². The third-order valence-electron chi connectivity index (χ3n) is 4.31. The van der Waals surface area contributed by atoms with Crippen molar-refractivity contribution >= 4 is 49.1 Å². The third-order valence-corrected chi connectivity index (χ3v) is 4.31. The standard InChI is InChI=1S/C15H23N7.3ClH/c1-21(9-5-12-4-2-3-8-17-12)13-6-10-22(11-7-13)15-18-14(16)19-20-15;;;/h2-4,8,13H,5-7,9-11H2,1H3,(H3,16,18,19,20);3*1H. The van der Waals surface area contributed by atoms with Crippen LogP contribution in [-0.4, -0.2) is 57.8 Å². The van der Waals surface area contributed by atoms with Crippen LogP contribution in [0.4, 0.5) is 11.9 Å². The molecule has 1 aliphatic rings. The van der Waals surface area contributed by atoms with Gasteiger partial charge in [0, 0.05) is 44.0 Å². The second-order valence-corrected chi connectivity index (χ2v) is 5.79. The molecule has 0 atom stereocenters. The first-order chi connectivity index (χ1) is 10.7. The van der Waals surface area contributed by atoms with Gasteiger partial charge in [0.1, 0.15) is 0 Å². The van der Waals surface area contributed by atoms with Gasteiger partial charge in [-0.1, -0.05) is 6.07 Å². The Morgan fingerprint density at radius 3 is 2.52 bits per heavy atom. The number of nitrogens with one attached hydrogen (secondary N) is 1. The zero-order valence-electron chi connectivity index (χ0n) is 14.2. The molecule has 1 fully saturated rings. The quantitative estimate of drug-likeness (QED) is 0.785. The molecule has 0 amide bonds. The molecule has 25 heavy (non-hydrogen) atoms. The summed E-state index contributed by atoms with van der Waals surface area (Å²) < 4.78 is 0. The summed E-state index contributed by atoms with van der Waals surface area (Å²) in [6.45, 7) is 2.97. The number of pyridine rings is 1. The van der Waals surface area contributed by atoms with E-state index in [1.807, 2.05) is 18.3 Å². The second-order valence-electron chi connectivity index (χ2n) is 5.79. The number of H-pyrrole nitrogens is 1. The lowest BCUT2D eigenvalue weighted by Gasteiger charge is -2.36. The number of halogens is 3. The summed E-state index contributed by atoms with van der Waals surface area (Å²) in [6, 6.07) is 6.70. The van der Waals surface area contributed by atoms with Gasteiger partial charge >= 0.3 is 0 Å². The molecule has 0 saturated carbocycles. The normalized spacial score (nSPS) is 14.4. The number of aromatic nitrogens is 4. The van der Waals surface area contributed by atoms with E-state index in [1.165, 1.54) is 0 Å². The Morgan fingerprint density at radius 1 is 1.24 bits per heavy atom. The number of nitrogen functional groups attached to an aromatic ring is 1. The van der Waals surface area contributed by atoms with Gasteiger partial charge in [-0.05, 0) is 32.0 Å². The van der Waals surface area contributed by atoms with Gasteiger partial charge in [-0.25, -0.2) is 5.10 Å². The minimum atomic E-state index is 0. The highest BCUT2D eigenvalue weighted by Crippen LogP contribution is 2.19. The number of hydrogen-bond donors (Lipinski definition) is 2. The predicted octanol–water partition coefficient (Wildman–Crippen LogP) is 2.19. The van der Waals surface area contributed by atoms with Crippen LogP contribution >= 0.6 is 37.2 Å². The molecule has 0 spiro atoms. The van der Waals surface area contributed by atoms with Crippen LogP contribution in [0.5, 0.6) is 0 Å². The zero-order valence-corrected chi connectivity index (χ0v) is 16.6. The highest BCUT2D eigenvalue weighted by molar-refractivity contribution is 5.86.